The van der Waals surface area contributed by atoms with Gasteiger partial charge in [-0.2, -0.15) is 0 Å². The summed E-state index contributed by atoms with van der Waals surface area (Å²) in [7, 11) is 0. The smallest absolute Gasteiger partial charge is 0.310 e. The fraction of sp³-hybridized carbons (Fsp3) is 0.429. The van der Waals surface area contributed by atoms with Crippen molar-refractivity contribution in [2.45, 2.75) is 46.0 Å². The second kappa shape index (κ2) is 12.0. The highest BCUT2D eigenvalue weighted by Crippen LogP contribution is 2.26. The normalized spacial score (nSPS) is 14.2. The minimum Gasteiger partial charge on any atom is -0.494 e. The van der Waals surface area contributed by atoms with Gasteiger partial charge < -0.3 is 14.8 Å². The number of ether oxygens (including phenoxy) is 2. The zero-order chi connectivity index (χ0) is 21.9. The second-order valence-corrected chi connectivity index (χ2v) is 7.13. The lowest BCUT2D eigenvalue weighted by atomic mass is 10.1. The number of halogens is 1. The number of unbranched alkanes of at least 4 members (excludes halogenated alkanes) is 1. The molecule has 0 radical (unpaired) electrons. The van der Waals surface area contributed by atoms with Crippen molar-refractivity contribution >= 4 is 28.4 Å². The van der Waals surface area contributed by atoms with Gasteiger partial charge in [-0.3, -0.25) is 14.9 Å². The number of nitrogens with one attached hydrogen (secondary N) is 1. The minimum absolute atomic E-state index is 0.132. The molecule has 8 nitrogen and oxygen atoms in total. The quantitative estimate of drug-likeness (QED) is 0.239. The summed E-state index contributed by atoms with van der Waals surface area (Å²) in [5.74, 6) is 0.490. The van der Waals surface area contributed by atoms with E-state index in [9.17, 15) is 14.9 Å². The van der Waals surface area contributed by atoms with Gasteiger partial charge in [0.15, 0.2) is 0 Å². The van der Waals surface area contributed by atoms with Gasteiger partial charge in [0.1, 0.15) is 22.8 Å². The Morgan fingerprint density at radius 2 is 2.00 bits per heavy atom. The summed E-state index contributed by atoms with van der Waals surface area (Å²) in [5.41, 5.74) is 1.81. The maximum absolute atomic E-state index is 11.5. The molecule has 2 rings (SSSR count). The lowest BCUT2D eigenvalue weighted by Gasteiger charge is -2.15. The second-order valence-electron chi connectivity index (χ2n) is 6.69. The van der Waals surface area contributed by atoms with Gasteiger partial charge in [0.2, 0.25) is 0 Å². The number of rotatable bonds is 10. The maximum atomic E-state index is 11.5. The predicted octanol–water partition coefficient (Wildman–Crippen LogP) is 5.03. The molecule has 0 aliphatic carbocycles. The largest absolute Gasteiger partial charge is 0.494 e. The lowest BCUT2D eigenvalue weighted by molar-refractivity contribution is -0.421. The molecule has 1 aromatic rings. The molecule has 0 atom stereocenters. The molecule has 1 aliphatic heterocycles. The number of hydrogen-bond acceptors (Lipinski definition) is 7. The molecule has 30 heavy (non-hydrogen) atoms. The monoisotopic (exact) mass is 435 g/mol. The number of anilines is 1. The van der Waals surface area contributed by atoms with Crippen molar-refractivity contribution < 1.29 is 19.2 Å². The molecule has 9 heteroatoms. The van der Waals surface area contributed by atoms with Gasteiger partial charge in [0, 0.05) is 18.5 Å². The van der Waals surface area contributed by atoms with Gasteiger partial charge in [-0.15, -0.1) is 0 Å². The van der Waals surface area contributed by atoms with E-state index in [-0.39, 0.29) is 11.7 Å². The van der Waals surface area contributed by atoms with E-state index in [0.29, 0.717) is 61.2 Å². The van der Waals surface area contributed by atoms with Gasteiger partial charge in [-0.1, -0.05) is 11.6 Å². The number of carbonyl (C=O) groups is 1. The first-order chi connectivity index (χ1) is 14.4. The average Bonchev–Trinajstić information content (AvgIpc) is 2.71. The topological polar surface area (TPSA) is 103 Å². The fourth-order valence-electron chi connectivity index (χ4n) is 2.78. The molecule has 0 saturated carbocycles. The van der Waals surface area contributed by atoms with Crippen molar-refractivity contribution in [2.24, 2.45) is 4.99 Å². The van der Waals surface area contributed by atoms with Crippen LogP contribution >= 0.6 is 11.6 Å². The van der Waals surface area contributed by atoms with Gasteiger partial charge in [-0.25, -0.2) is 4.99 Å². The highest BCUT2D eigenvalue weighted by atomic mass is 35.5. The molecule has 1 heterocycles. The van der Waals surface area contributed by atoms with Crippen LogP contribution in [0.5, 0.6) is 5.75 Å². The van der Waals surface area contributed by atoms with Crippen LogP contribution in [-0.4, -0.2) is 29.3 Å². The summed E-state index contributed by atoms with van der Waals surface area (Å²) in [5, 5.41) is 14.9. The van der Waals surface area contributed by atoms with Crippen LogP contribution in [0.1, 0.15) is 46.0 Å². The lowest BCUT2D eigenvalue weighted by Crippen LogP contribution is -2.13. The molecule has 1 aromatic carbocycles. The van der Waals surface area contributed by atoms with Crippen molar-refractivity contribution in [2.75, 3.05) is 18.5 Å². The molecule has 0 bridgehead atoms. The Morgan fingerprint density at radius 3 is 2.67 bits per heavy atom. The molecule has 1 N–H and O–H groups in total. The first-order valence-corrected chi connectivity index (χ1v) is 10.2. The van der Waals surface area contributed by atoms with E-state index in [0.717, 1.165) is 12.0 Å². The van der Waals surface area contributed by atoms with Gasteiger partial charge >= 0.3 is 11.7 Å². The first-order valence-electron chi connectivity index (χ1n) is 9.83. The molecular formula is C21H26ClN3O5. The summed E-state index contributed by atoms with van der Waals surface area (Å²) in [6.45, 7) is 4.51. The molecule has 0 unspecified atom stereocenters. The van der Waals surface area contributed by atoms with Crippen molar-refractivity contribution in [3.63, 3.8) is 0 Å². The van der Waals surface area contributed by atoms with Crippen molar-refractivity contribution in [3.8, 4) is 5.75 Å². The van der Waals surface area contributed by atoms with E-state index in [1.165, 1.54) is 6.20 Å². The highest BCUT2D eigenvalue weighted by molar-refractivity contribution is 6.65. The van der Waals surface area contributed by atoms with Crippen LogP contribution in [0.15, 0.2) is 52.4 Å². The standard InChI is InChI=1S/C21H26ClN3O5/c1-3-29-20(26)6-4-5-13-30-17-10-8-16(9-11-17)24-21-15(2)7-12-19(22)23-14-18(21)25(27)28/h8-11,14,24H,3-7,12-13H2,1-2H3. The van der Waals surface area contributed by atoms with Crippen molar-refractivity contribution in [1.29, 1.82) is 0 Å². The summed E-state index contributed by atoms with van der Waals surface area (Å²) in [4.78, 5) is 26.2. The molecule has 162 valence electrons. The molecule has 0 spiro atoms. The van der Waals surface area contributed by atoms with E-state index in [1.807, 2.05) is 6.92 Å². The van der Waals surface area contributed by atoms with E-state index in [2.05, 4.69) is 10.3 Å². The molecular weight excluding hydrogens is 410 g/mol. The van der Waals surface area contributed by atoms with E-state index < -0.39 is 4.92 Å². The maximum Gasteiger partial charge on any atom is 0.310 e. The van der Waals surface area contributed by atoms with Gasteiger partial charge in [-0.05, 0) is 62.9 Å². The van der Waals surface area contributed by atoms with E-state index in [4.69, 9.17) is 21.1 Å². The van der Waals surface area contributed by atoms with Crippen molar-refractivity contribution in [1.82, 2.24) is 0 Å². The number of benzene rings is 1. The van der Waals surface area contributed by atoms with Crippen LogP contribution in [0, 0.1) is 10.1 Å². The zero-order valence-corrected chi connectivity index (χ0v) is 17.9. The predicted molar refractivity (Wildman–Crippen MR) is 116 cm³/mol. The number of carbonyl (C=O) groups excluding carboxylic acids is 1. The van der Waals surface area contributed by atoms with Gasteiger partial charge in [0.25, 0.3) is 0 Å². The number of hydrogen-bond donors (Lipinski definition) is 1. The Morgan fingerprint density at radius 1 is 1.27 bits per heavy atom. The Balaban J connectivity index is 1.94. The summed E-state index contributed by atoms with van der Waals surface area (Å²) in [6.07, 6.45) is 4.11. The van der Waals surface area contributed by atoms with E-state index in [1.54, 1.807) is 31.2 Å². The van der Waals surface area contributed by atoms with Crippen LogP contribution < -0.4 is 10.1 Å². The minimum atomic E-state index is -0.474. The Hall–Kier alpha value is -2.87. The average molecular weight is 436 g/mol. The van der Waals surface area contributed by atoms with Gasteiger partial charge in [0.05, 0.1) is 18.1 Å². The summed E-state index contributed by atoms with van der Waals surface area (Å²) < 4.78 is 10.6. The number of esters is 1. The molecule has 0 amide bonds. The third-order valence-electron chi connectivity index (χ3n) is 4.39. The fourth-order valence-corrected chi connectivity index (χ4v) is 2.92. The van der Waals surface area contributed by atoms with Crippen LogP contribution in [0.3, 0.4) is 0 Å². The van der Waals surface area contributed by atoms with Crippen LogP contribution in [0.25, 0.3) is 0 Å². The molecule has 0 aromatic heterocycles. The number of nitrogens with zero attached hydrogens (tertiary/aromatic N) is 2. The first kappa shape index (κ1) is 23.4. The van der Waals surface area contributed by atoms with Crippen LogP contribution in [0.2, 0.25) is 0 Å². The zero-order valence-electron chi connectivity index (χ0n) is 17.2. The van der Waals surface area contributed by atoms with Crippen LogP contribution in [0.4, 0.5) is 5.69 Å². The Labute approximate surface area is 180 Å². The summed E-state index contributed by atoms with van der Waals surface area (Å²) >= 11 is 5.95. The molecule has 1 aliphatic rings. The number of allylic oxidation sites excluding steroid dienone is 1. The Bertz CT molecular complexity index is 847. The van der Waals surface area contributed by atoms with Crippen LogP contribution in [-0.2, 0) is 9.53 Å². The Kier molecular flexibility index (Phi) is 9.34. The SMILES string of the molecule is CCOC(=O)CCCCOc1ccc(NC2=C(C)CCC(Cl)=NC=C2[N+](=O)[O-])cc1. The summed E-state index contributed by atoms with van der Waals surface area (Å²) in [6, 6.07) is 7.16. The number of nitro groups is 1. The highest BCUT2D eigenvalue weighted by Gasteiger charge is 2.22. The molecule has 0 fully saturated rings. The molecule has 0 saturated heterocycles. The van der Waals surface area contributed by atoms with Crippen molar-refractivity contribution in [3.05, 3.63) is 57.5 Å². The third-order valence-corrected chi connectivity index (χ3v) is 4.67. The third kappa shape index (κ3) is 7.51. The van der Waals surface area contributed by atoms with E-state index >= 15 is 0 Å². The number of aliphatic imine (C=N–C) groups is 1.